The first-order valence-electron chi connectivity index (χ1n) is 6.88. The summed E-state index contributed by atoms with van der Waals surface area (Å²) >= 11 is 0. The number of nitrogens with two attached hydrogens (primary N) is 1. The van der Waals surface area contributed by atoms with E-state index in [1.165, 1.54) is 18.9 Å². The van der Waals surface area contributed by atoms with Gasteiger partial charge in [-0.1, -0.05) is 18.9 Å². The van der Waals surface area contributed by atoms with Crippen LogP contribution in [0.5, 0.6) is 0 Å². The van der Waals surface area contributed by atoms with E-state index in [1.54, 1.807) is 19.1 Å². The number of benzene rings is 1. The molecule has 3 nitrogen and oxygen atoms in total. The summed E-state index contributed by atoms with van der Waals surface area (Å²) in [4.78, 5) is 11.9. The van der Waals surface area contributed by atoms with E-state index in [1.807, 2.05) is 0 Å². The van der Waals surface area contributed by atoms with Crippen molar-refractivity contribution in [3.8, 4) is 0 Å². The molecular formula is C15H21FN2O. The Balaban J connectivity index is 1.91. The highest BCUT2D eigenvalue weighted by Gasteiger charge is 2.22. The van der Waals surface area contributed by atoms with Crippen molar-refractivity contribution in [1.82, 2.24) is 5.32 Å². The standard InChI is InChI=1S/C15H21FN2O/c1-10-6-7-11(8-13(10)16)15(19)18-9-12-4-2-3-5-14(12)17/h6-8,12,14H,2-5,9,17H2,1H3,(H,18,19). The number of hydrogen-bond donors (Lipinski definition) is 2. The van der Waals surface area contributed by atoms with Crippen LogP contribution in [0, 0.1) is 18.7 Å². The molecule has 1 fully saturated rings. The van der Waals surface area contributed by atoms with Gasteiger partial charge in [-0.15, -0.1) is 0 Å². The van der Waals surface area contributed by atoms with Gasteiger partial charge in [0, 0.05) is 18.2 Å². The molecule has 1 aliphatic rings. The molecule has 2 unspecified atom stereocenters. The summed E-state index contributed by atoms with van der Waals surface area (Å²) < 4.78 is 13.4. The van der Waals surface area contributed by atoms with Crippen molar-refractivity contribution >= 4 is 5.91 Å². The lowest BCUT2D eigenvalue weighted by atomic mass is 9.85. The molecule has 1 saturated carbocycles. The number of rotatable bonds is 3. The number of amides is 1. The molecule has 104 valence electrons. The molecule has 1 aliphatic carbocycles. The van der Waals surface area contributed by atoms with Crippen molar-refractivity contribution in [1.29, 1.82) is 0 Å². The third-order valence-corrected chi connectivity index (χ3v) is 3.93. The smallest absolute Gasteiger partial charge is 0.251 e. The zero-order valence-corrected chi connectivity index (χ0v) is 11.3. The summed E-state index contributed by atoms with van der Waals surface area (Å²) in [5.74, 6) is -0.230. The number of hydrogen-bond acceptors (Lipinski definition) is 2. The molecule has 1 aromatic carbocycles. The maximum atomic E-state index is 13.4. The van der Waals surface area contributed by atoms with Crippen LogP contribution in [-0.4, -0.2) is 18.5 Å². The van der Waals surface area contributed by atoms with Crippen molar-refractivity contribution in [3.63, 3.8) is 0 Å². The summed E-state index contributed by atoms with van der Waals surface area (Å²) in [6, 6.07) is 4.72. The lowest BCUT2D eigenvalue weighted by molar-refractivity contribution is 0.0941. The average molecular weight is 264 g/mol. The number of carbonyl (C=O) groups excluding carboxylic acids is 1. The molecule has 0 heterocycles. The average Bonchev–Trinajstić information content (AvgIpc) is 2.40. The van der Waals surface area contributed by atoms with Gasteiger partial charge in [0.2, 0.25) is 0 Å². The number of aryl methyl sites for hydroxylation is 1. The molecule has 0 radical (unpaired) electrons. The molecule has 0 aliphatic heterocycles. The third-order valence-electron chi connectivity index (χ3n) is 3.93. The molecule has 0 spiro atoms. The van der Waals surface area contributed by atoms with E-state index in [-0.39, 0.29) is 17.8 Å². The van der Waals surface area contributed by atoms with Crippen molar-refractivity contribution in [3.05, 3.63) is 35.1 Å². The van der Waals surface area contributed by atoms with Crippen LogP contribution in [0.25, 0.3) is 0 Å². The second kappa shape index (κ2) is 6.15. The van der Waals surface area contributed by atoms with Crippen LogP contribution in [0.4, 0.5) is 4.39 Å². The van der Waals surface area contributed by atoms with Crippen molar-refractivity contribution in [2.75, 3.05) is 6.54 Å². The Morgan fingerprint density at radius 1 is 1.42 bits per heavy atom. The summed E-state index contributed by atoms with van der Waals surface area (Å²) in [6.07, 6.45) is 4.44. The minimum atomic E-state index is -0.345. The molecule has 19 heavy (non-hydrogen) atoms. The van der Waals surface area contributed by atoms with E-state index in [9.17, 15) is 9.18 Å². The van der Waals surface area contributed by atoms with E-state index in [2.05, 4.69) is 5.32 Å². The van der Waals surface area contributed by atoms with Crippen LogP contribution >= 0.6 is 0 Å². The van der Waals surface area contributed by atoms with Gasteiger partial charge in [-0.25, -0.2) is 4.39 Å². The number of carbonyl (C=O) groups is 1. The maximum Gasteiger partial charge on any atom is 0.251 e. The van der Waals surface area contributed by atoms with Gasteiger partial charge in [-0.3, -0.25) is 4.79 Å². The minimum Gasteiger partial charge on any atom is -0.352 e. The second-order valence-electron chi connectivity index (χ2n) is 5.38. The Morgan fingerprint density at radius 3 is 2.84 bits per heavy atom. The molecule has 0 saturated heterocycles. The molecule has 1 aromatic rings. The van der Waals surface area contributed by atoms with E-state index in [0.717, 1.165) is 12.8 Å². The quantitative estimate of drug-likeness (QED) is 0.880. The number of nitrogens with one attached hydrogen (secondary N) is 1. The van der Waals surface area contributed by atoms with Gasteiger partial charge >= 0.3 is 0 Å². The van der Waals surface area contributed by atoms with Gasteiger partial charge in [-0.2, -0.15) is 0 Å². The highest BCUT2D eigenvalue weighted by atomic mass is 19.1. The lowest BCUT2D eigenvalue weighted by Gasteiger charge is -2.28. The van der Waals surface area contributed by atoms with E-state index in [0.29, 0.717) is 23.6 Å². The highest BCUT2D eigenvalue weighted by molar-refractivity contribution is 5.94. The fourth-order valence-corrected chi connectivity index (χ4v) is 2.55. The predicted octanol–water partition coefficient (Wildman–Crippen LogP) is 2.38. The third kappa shape index (κ3) is 3.53. The largest absolute Gasteiger partial charge is 0.352 e. The van der Waals surface area contributed by atoms with Gasteiger partial charge < -0.3 is 11.1 Å². The monoisotopic (exact) mass is 264 g/mol. The maximum absolute atomic E-state index is 13.4. The molecular weight excluding hydrogens is 243 g/mol. The Bertz CT molecular complexity index is 461. The highest BCUT2D eigenvalue weighted by Crippen LogP contribution is 2.22. The minimum absolute atomic E-state index is 0.170. The zero-order chi connectivity index (χ0) is 13.8. The van der Waals surface area contributed by atoms with Crippen LogP contribution in [0.3, 0.4) is 0 Å². The van der Waals surface area contributed by atoms with E-state index in [4.69, 9.17) is 5.73 Å². The first kappa shape index (κ1) is 14.0. The van der Waals surface area contributed by atoms with Gasteiger partial charge in [0.05, 0.1) is 0 Å². The zero-order valence-electron chi connectivity index (χ0n) is 11.3. The molecule has 4 heteroatoms. The summed E-state index contributed by atoms with van der Waals surface area (Å²) in [7, 11) is 0. The number of halogens is 1. The van der Waals surface area contributed by atoms with Crippen molar-refractivity contribution in [2.24, 2.45) is 11.7 Å². The normalized spacial score (nSPS) is 23.1. The van der Waals surface area contributed by atoms with Crippen LogP contribution in [0.1, 0.15) is 41.6 Å². The molecule has 2 rings (SSSR count). The Morgan fingerprint density at radius 2 is 2.16 bits per heavy atom. The fraction of sp³-hybridized carbons (Fsp3) is 0.533. The molecule has 1 amide bonds. The molecule has 3 N–H and O–H groups in total. The summed E-state index contributed by atoms with van der Waals surface area (Å²) in [5, 5.41) is 2.86. The lowest BCUT2D eigenvalue weighted by Crippen LogP contribution is -2.41. The Kier molecular flexibility index (Phi) is 4.53. The molecule has 0 aromatic heterocycles. The second-order valence-corrected chi connectivity index (χ2v) is 5.38. The molecule has 0 bridgehead atoms. The molecule has 2 atom stereocenters. The SMILES string of the molecule is Cc1ccc(C(=O)NCC2CCCCC2N)cc1F. The van der Waals surface area contributed by atoms with Crippen LogP contribution in [0.15, 0.2) is 18.2 Å². The summed E-state index contributed by atoms with van der Waals surface area (Å²) in [5.41, 5.74) is 6.95. The first-order valence-corrected chi connectivity index (χ1v) is 6.88. The topological polar surface area (TPSA) is 55.1 Å². The summed E-state index contributed by atoms with van der Waals surface area (Å²) in [6.45, 7) is 2.26. The Hall–Kier alpha value is -1.42. The van der Waals surface area contributed by atoms with Gasteiger partial charge in [0.1, 0.15) is 5.82 Å². The first-order chi connectivity index (χ1) is 9.08. The van der Waals surface area contributed by atoms with Gasteiger partial charge in [0.25, 0.3) is 5.91 Å². The van der Waals surface area contributed by atoms with E-state index >= 15 is 0 Å². The fourth-order valence-electron chi connectivity index (χ4n) is 2.55. The van der Waals surface area contributed by atoms with Crippen molar-refractivity contribution < 1.29 is 9.18 Å². The Labute approximate surface area is 113 Å². The van der Waals surface area contributed by atoms with E-state index < -0.39 is 0 Å². The predicted molar refractivity (Wildman–Crippen MR) is 73.4 cm³/mol. The van der Waals surface area contributed by atoms with Crippen molar-refractivity contribution in [2.45, 2.75) is 38.6 Å². The van der Waals surface area contributed by atoms with Crippen LogP contribution in [0.2, 0.25) is 0 Å². The van der Waals surface area contributed by atoms with Crippen LogP contribution < -0.4 is 11.1 Å². The van der Waals surface area contributed by atoms with Crippen LogP contribution in [-0.2, 0) is 0 Å². The van der Waals surface area contributed by atoms with Gasteiger partial charge in [-0.05, 0) is 43.4 Å². The van der Waals surface area contributed by atoms with Gasteiger partial charge in [0.15, 0.2) is 0 Å².